The van der Waals surface area contributed by atoms with Crippen LogP contribution in [-0.2, 0) is 19.1 Å². The minimum atomic E-state index is -2.24. The van der Waals surface area contributed by atoms with E-state index >= 15 is 0 Å². The number of esters is 2. The van der Waals surface area contributed by atoms with Crippen molar-refractivity contribution in [2.75, 3.05) is 26.2 Å². The molecule has 0 aromatic heterocycles. The molecule has 7 nitrogen and oxygen atoms in total. The number of quaternary nitrogens is 1. The van der Waals surface area contributed by atoms with Gasteiger partial charge < -0.3 is 24.2 Å². The lowest BCUT2D eigenvalue weighted by Gasteiger charge is -2.39. The van der Waals surface area contributed by atoms with Crippen molar-refractivity contribution >= 4 is 11.9 Å². The Bertz CT molecular complexity index is 667. The molecule has 2 fully saturated rings. The summed E-state index contributed by atoms with van der Waals surface area (Å²) in [5, 5.41) is 21.4. The van der Waals surface area contributed by atoms with Crippen LogP contribution in [-0.4, -0.2) is 76.2 Å². The molecule has 0 aliphatic carbocycles. The summed E-state index contributed by atoms with van der Waals surface area (Å²) in [6, 6.07) is -0.0926. The molecule has 1 unspecified atom stereocenters. The Hall–Kier alpha value is -1.70. The highest BCUT2D eigenvalue weighted by molar-refractivity contribution is 5.83. The Morgan fingerprint density at radius 3 is 2.73 bits per heavy atom. The predicted molar refractivity (Wildman–Crippen MR) is 92.8 cm³/mol. The van der Waals surface area contributed by atoms with Gasteiger partial charge in [-0.05, 0) is 32.9 Å². The van der Waals surface area contributed by atoms with Crippen LogP contribution < -0.4 is 0 Å². The van der Waals surface area contributed by atoms with Crippen molar-refractivity contribution in [3.8, 4) is 0 Å². The summed E-state index contributed by atoms with van der Waals surface area (Å²) in [4.78, 5) is 25.2. The molecule has 3 heterocycles. The number of aliphatic hydroxyl groups is 2. The Balaban J connectivity index is 1.99. The standard InChI is InChI=1S/C19H28NO6/c1-5-8-20-9-6-13-11-25-17(22)19(4,24)18(3,23)12(2)16(21)26-14(7-10-20)15(13)20/h5-6,12,14-15,23-24H,1,7-11H2,2-4H3/q+1/t12-,14+,15-,18+,19-,20?/m1/s1. The smallest absolute Gasteiger partial charge is 0.341 e. The fourth-order valence-electron chi connectivity index (χ4n) is 4.45. The van der Waals surface area contributed by atoms with Gasteiger partial charge in [0, 0.05) is 12.0 Å². The Kier molecular flexibility index (Phi) is 4.53. The Labute approximate surface area is 153 Å². The number of nitrogens with zero attached hydrogens (tertiary/aromatic N) is 1. The molecule has 6 atom stereocenters. The maximum absolute atomic E-state index is 12.7. The molecule has 3 aliphatic heterocycles. The van der Waals surface area contributed by atoms with Crippen LogP contribution in [0.25, 0.3) is 0 Å². The van der Waals surface area contributed by atoms with Crippen LogP contribution in [0.3, 0.4) is 0 Å². The van der Waals surface area contributed by atoms with Crippen molar-refractivity contribution in [2.45, 2.75) is 50.5 Å². The van der Waals surface area contributed by atoms with Gasteiger partial charge in [-0.25, -0.2) is 4.79 Å². The van der Waals surface area contributed by atoms with Gasteiger partial charge in [0.15, 0.2) is 17.7 Å². The minimum absolute atomic E-state index is 0.00923. The van der Waals surface area contributed by atoms with E-state index < -0.39 is 29.1 Å². The third-order valence-corrected chi connectivity index (χ3v) is 6.61. The second kappa shape index (κ2) is 6.18. The summed E-state index contributed by atoms with van der Waals surface area (Å²) >= 11 is 0. The highest BCUT2D eigenvalue weighted by atomic mass is 16.6. The molecule has 3 rings (SSSR count). The van der Waals surface area contributed by atoms with Crippen LogP contribution in [0.5, 0.6) is 0 Å². The van der Waals surface area contributed by atoms with Crippen LogP contribution in [0, 0.1) is 5.92 Å². The van der Waals surface area contributed by atoms with Gasteiger partial charge in [-0.15, -0.1) is 0 Å². The predicted octanol–water partition coefficient (Wildman–Crippen LogP) is 0.308. The molecule has 7 heteroatoms. The summed E-state index contributed by atoms with van der Waals surface area (Å²) in [5.74, 6) is -2.67. The van der Waals surface area contributed by atoms with E-state index in [0.29, 0.717) is 10.9 Å². The topological polar surface area (TPSA) is 93.1 Å². The third kappa shape index (κ3) is 2.61. The third-order valence-electron chi connectivity index (χ3n) is 6.61. The molecule has 3 aliphatic rings. The van der Waals surface area contributed by atoms with E-state index in [1.54, 1.807) is 0 Å². The number of hydrogen-bond acceptors (Lipinski definition) is 6. The minimum Gasteiger partial charge on any atom is -0.459 e. The lowest BCUT2D eigenvalue weighted by Crippen LogP contribution is -2.61. The van der Waals surface area contributed by atoms with Gasteiger partial charge in [0.05, 0.1) is 25.6 Å². The van der Waals surface area contributed by atoms with E-state index in [1.165, 1.54) is 20.8 Å². The van der Waals surface area contributed by atoms with Crippen molar-refractivity contribution in [2.24, 2.45) is 5.92 Å². The van der Waals surface area contributed by atoms with Gasteiger partial charge in [0.2, 0.25) is 0 Å². The molecule has 0 amide bonds. The molecule has 144 valence electrons. The maximum Gasteiger partial charge on any atom is 0.341 e. The molecule has 0 spiro atoms. The van der Waals surface area contributed by atoms with Crippen molar-refractivity contribution in [3.63, 3.8) is 0 Å². The summed E-state index contributed by atoms with van der Waals surface area (Å²) in [5.41, 5.74) is -3.38. The number of carbonyl (C=O) groups excluding carboxylic acids is 2. The summed E-state index contributed by atoms with van der Waals surface area (Å²) in [6.45, 7) is 10.1. The molecular weight excluding hydrogens is 338 g/mol. The van der Waals surface area contributed by atoms with E-state index in [1.807, 2.05) is 12.2 Å². The van der Waals surface area contributed by atoms with Crippen LogP contribution in [0.4, 0.5) is 0 Å². The van der Waals surface area contributed by atoms with Crippen LogP contribution in [0.15, 0.2) is 24.3 Å². The first kappa shape index (κ1) is 19.1. The van der Waals surface area contributed by atoms with Crippen LogP contribution in [0.1, 0.15) is 27.2 Å². The first-order valence-electron chi connectivity index (χ1n) is 9.05. The zero-order valence-corrected chi connectivity index (χ0v) is 15.6. The largest absolute Gasteiger partial charge is 0.459 e. The second-order valence-electron chi connectivity index (χ2n) is 8.10. The summed E-state index contributed by atoms with van der Waals surface area (Å²) in [6.07, 6.45) is 4.23. The van der Waals surface area contributed by atoms with Gasteiger partial charge in [-0.1, -0.05) is 6.58 Å². The van der Waals surface area contributed by atoms with Crippen molar-refractivity contribution in [3.05, 3.63) is 24.3 Å². The van der Waals surface area contributed by atoms with Gasteiger partial charge in [0.25, 0.3) is 0 Å². The molecule has 26 heavy (non-hydrogen) atoms. The molecule has 2 N–H and O–H groups in total. The Morgan fingerprint density at radius 1 is 1.38 bits per heavy atom. The lowest BCUT2D eigenvalue weighted by atomic mass is 9.76. The van der Waals surface area contributed by atoms with Gasteiger partial charge in [0.1, 0.15) is 12.2 Å². The monoisotopic (exact) mass is 366 g/mol. The highest BCUT2D eigenvalue weighted by Gasteiger charge is 2.59. The number of rotatable bonds is 2. The van der Waals surface area contributed by atoms with Gasteiger partial charge >= 0.3 is 11.9 Å². The average Bonchev–Trinajstić information content (AvgIpc) is 3.09. The molecular formula is C19H28NO6+. The Morgan fingerprint density at radius 2 is 2.08 bits per heavy atom. The molecule has 0 saturated carbocycles. The average molecular weight is 366 g/mol. The first-order chi connectivity index (χ1) is 12.1. The van der Waals surface area contributed by atoms with Crippen molar-refractivity contribution in [1.82, 2.24) is 0 Å². The molecule has 2 saturated heterocycles. The quantitative estimate of drug-likeness (QED) is 0.415. The molecule has 0 aromatic carbocycles. The number of cyclic esters (lactones) is 1. The summed E-state index contributed by atoms with van der Waals surface area (Å²) < 4.78 is 11.8. The molecule has 0 bridgehead atoms. The zero-order chi connectivity index (χ0) is 19.3. The maximum atomic E-state index is 12.7. The number of carbonyl (C=O) groups is 2. The lowest BCUT2D eigenvalue weighted by molar-refractivity contribution is -0.920. The number of ether oxygens (including phenoxy) is 2. The summed E-state index contributed by atoms with van der Waals surface area (Å²) in [7, 11) is 0. The van der Waals surface area contributed by atoms with E-state index in [2.05, 4.69) is 6.58 Å². The molecule has 0 radical (unpaired) electrons. The SMILES string of the molecule is C=CC[N+]12CC=C3COC(=O)[C@@](C)(O)[C@@](C)(O)[C@H](C)C(=O)O[C@@H](CC1)[C@@H]32. The zero-order valence-electron chi connectivity index (χ0n) is 15.6. The van der Waals surface area contributed by atoms with Crippen molar-refractivity contribution < 1.29 is 33.8 Å². The fraction of sp³-hybridized carbons (Fsp3) is 0.684. The van der Waals surface area contributed by atoms with Gasteiger partial charge in [-0.3, -0.25) is 4.79 Å². The van der Waals surface area contributed by atoms with Crippen molar-refractivity contribution in [1.29, 1.82) is 0 Å². The van der Waals surface area contributed by atoms with E-state index in [-0.39, 0.29) is 18.8 Å². The van der Waals surface area contributed by atoms with Crippen LogP contribution in [0.2, 0.25) is 0 Å². The fourth-order valence-corrected chi connectivity index (χ4v) is 4.45. The molecule has 0 aromatic rings. The van der Waals surface area contributed by atoms with Gasteiger partial charge in [-0.2, -0.15) is 0 Å². The van der Waals surface area contributed by atoms with E-state index in [9.17, 15) is 19.8 Å². The number of hydrogen-bond donors (Lipinski definition) is 2. The van der Waals surface area contributed by atoms with E-state index in [0.717, 1.165) is 25.2 Å². The highest BCUT2D eigenvalue weighted by Crippen LogP contribution is 2.41. The first-order valence-corrected chi connectivity index (χ1v) is 9.05. The second-order valence-corrected chi connectivity index (χ2v) is 8.10. The normalized spacial score (nSPS) is 45.9. The van der Waals surface area contributed by atoms with Crippen LogP contribution >= 0.6 is 0 Å². The van der Waals surface area contributed by atoms with E-state index in [4.69, 9.17) is 9.47 Å².